The van der Waals surface area contributed by atoms with Gasteiger partial charge in [-0.15, -0.1) is 0 Å². The van der Waals surface area contributed by atoms with Gasteiger partial charge in [-0.2, -0.15) is 0 Å². The van der Waals surface area contributed by atoms with E-state index in [1.54, 1.807) is 0 Å². The summed E-state index contributed by atoms with van der Waals surface area (Å²) in [7, 11) is 0. The molecule has 0 saturated carbocycles. The lowest BCUT2D eigenvalue weighted by Gasteiger charge is -2.27. The van der Waals surface area contributed by atoms with Crippen LogP contribution in [0.5, 0.6) is 0 Å². The summed E-state index contributed by atoms with van der Waals surface area (Å²) in [6.45, 7) is 42.2. The number of nitrogens with one attached hydrogen (secondary N) is 8. The molecule has 0 amide bonds. The van der Waals surface area contributed by atoms with E-state index in [1.807, 2.05) is 0 Å². The molecule has 4 aromatic carbocycles. The zero-order valence-electron chi connectivity index (χ0n) is 54.8. The molecule has 0 radical (unpaired) electrons. The average molecular weight is 1210 g/mol. The first-order valence-electron chi connectivity index (χ1n) is 35.4. The number of hydrogen-bond acceptors (Lipinski definition) is 16. The molecular formula is C72H120N16. The molecule has 16 nitrogen and oxygen atoms in total. The van der Waals surface area contributed by atoms with Crippen LogP contribution >= 0.6 is 0 Å². The van der Waals surface area contributed by atoms with E-state index >= 15 is 0 Å². The van der Waals surface area contributed by atoms with Gasteiger partial charge in [0.2, 0.25) is 0 Å². The summed E-state index contributed by atoms with van der Waals surface area (Å²) < 4.78 is 0. The van der Waals surface area contributed by atoms with E-state index in [4.69, 9.17) is 0 Å². The fourth-order valence-corrected chi connectivity index (χ4v) is 13.8. The molecule has 8 atom stereocenters. The first-order chi connectivity index (χ1) is 43.6. The maximum Gasteiger partial charge on any atom is 0.0234 e. The van der Waals surface area contributed by atoms with Gasteiger partial charge in [0, 0.05) is 157 Å². The lowest BCUT2D eigenvalue weighted by molar-refractivity contribution is 0.237. The van der Waals surface area contributed by atoms with Crippen LogP contribution in [-0.4, -0.2) is 249 Å². The summed E-state index contributed by atoms with van der Waals surface area (Å²) in [6.07, 6.45) is 9.28. The molecule has 16 heteroatoms. The predicted octanol–water partition coefficient (Wildman–Crippen LogP) is 5.11. The van der Waals surface area contributed by atoms with Crippen molar-refractivity contribution in [2.75, 3.05) is 209 Å². The van der Waals surface area contributed by atoms with Crippen LogP contribution in [0.2, 0.25) is 0 Å². The van der Waals surface area contributed by atoms with Crippen LogP contribution in [0.1, 0.15) is 95.9 Å². The Hall–Kier alpha value is -3.76. The Balaban J connectivity index is 0.831. The van der Waals surface area contributed by atoms with Crippen LogP contribution in [0.25, 0.3) is 0 Å². The third-order valence-corrected chi connectivity index (χ3v) is 18.7. The van der Waals surface area contributed by atoms with E-state index in [2.05, 4.69) is 179 Å². The van der Waals surface area contributed by atoms with Crippen molar-refractivity contribution in [3.05, 3.63) is 142 Å². The Morgan fingerprint density at radius 3 is 0.443 bits per heavy atom. The van der Waals surface area contributed by atoms with Crippen LogP contribution in [-0.2, 0) is 52.4 Å². The van der Waals surface area contributed by atoms with Crippen molar-refractivity contribution in [2.45, 2.75) is 104 Å². The number of benzene rings is 4. The second-order valence-corrected chi connectivity index (χ2v) is 26.3. The third-order valence-electron chi connectivity index (χ3n) is 18.7. The van der Waals surface area contributed by atoms with Gasteiger partial charge in [-0.25, -0.2) is 0 Å². The van der Waals surface area contributed by atoms with Crippen LogP contribution in [0.4, 0.5) is 0 Å². The molecular weight excluding hydrogens is 1090 g/mol. The van der Waals surface area contributed by atoms with Gasteiger partial charge in [0.25, 0.3) is 0 Å². The zero-order chi connectivity index (χ0) is 60.1. The average Bonchev–Trinajstić information content (AvgIpc) is 3.57. The fourth-order valence-electron chi connectivity index (χ4n) is 13.8. The molecule has 0 spiro atoms. The molecule has 11 aliphatic rings. The Bertz CT molecular complexity index is 1910. The topological polar surface area (TPSA) is 122 Å². The first kappa shape index (κ1) is 68.6. The normalized spacial score (nSPS) is 28.2. The summed E-state index contributed by atoms with van der Waals surface area (Å²) in [5.74, 6) is 0. The van der Waals surface area contributed by atoms with E-state index in [1.165, 1.54) is 44.5 Å². The molecule has 11 heterocycles. The zero-order valence-corrected chi connectivity index (χ0v) is 54.8. The van der Waals surface area contributed by atoms with Crippen molar-refractivity contribution in [3.8, 4) is 0 Å². The minimum atomic E-state index is 1.01. The van der Waals surface area contributed by atoms with Crippen LogP contribution in [0.15, 0.2) is 97.1 Å². The van der Waals surface area contributed by atoms with Crippen LogP contribution < -0.4 is 42.5 Å². The second-order valence-electron chi connectivity index (χ2n) is 26.3. The monoisotopic (exact) mass is 1210 g/mol. The van der Waals surface area contributed by atoms with Crippen molar-refractivity contribution in [3.63, 3.8) is 0 Å². The highest BCUT2D eigenvalue weighted by Crippen LogP contribution is 2.17. The number of nitrogens with zero attached hydrogens (tertiary/aromatic N) is 8. The van der Waals surface area contributed by atoms with Crippen molar-refractivity contribution >= 4 is 0 Å². The SMILES string of the molecule is c1cc2cc(c1)CN1CCCNCCN(CCCNCC1)Cc1cccc(c1)CN1CCCNCCN(CCCNCC1)Cc1cccc(c1)CN1CCCNCCN(CCCNCC1)Cc1cccc(c1)CN1CCCNCCN(CCCNCC1)C2. The molecule has 8 N–H and O–H groups in total. The van der Waals surface area contributed by atoms with Gasteiger partial charge in [0.1, 0.15) is 0 Å². The molecule has 16 bridgehead atoms. The minimum Gasteiger partial charge on any atom is -0.315 e. The molecule has 488 valence electrons. The van der Waals surface area contributed by atoms with Crippen molar-refractivity contribution in [2.24, 2.45) is 0 Å². The van der Waals surface area contributed by atoms with Crippen molar-refractivity contribution in [1.82, 2.24) is 81.7 Å². The Morgan fingerprint density at radius 2 is 0.307 bits per heavy atom. The van der Waals surface area contributed by atoms with Gasteiger partial charge < -0.3 is 42.5 Å². The summed E-state index contributed by atoms with van der Waals surface area (Å²) >= 11 is 0. The van der Waals surface area contributed by atoms with E-state index in [0.717, 1.165) is 313 Å². The van der Waals surface area contributed by atoms with Gasteiger partial charge in [-0.05, 0) is 201 Å². The lowest BCUT2D eigenvalue weighted by atomic mass is 10.1. The van der Waals surface area contributed by atoms with Crippen LogP contribution in [0, 0.1) is 0 Å². The first-order valence-corrected chi connectivity index (χ1v) is 35.4. The van der Waals surface area contributed by atoms with Crippen LogP contribution in [0.3, 0.4) is 0 Å². The number of rotatable bonds is 0. The molecule has 4 fully saturated rings. The van der Waals surface area contributed by atoms with Gasteiger partial charge in [-0.3, -0.25) is 39.2 Å². The molecule has 15 rings (SSSR count). The molecule has 0 aromatic heterocycles. The Labute approximate surface area is 534 Å². The second kappa shape index (κ2) is 41.7. The highest BCUT2D eigenvalue weighted by molar-refractivity contribution is 5.26. The predicted molar refractivity (Wildman–Crippen MR) is 368 cm³/mol. The largest absolute Gasteiger partial charge is 0.315 e. The molecule has 11 aliphatic heterocycles. The molecule has 0 aliphatic carbocycles. The lowest BCUT2D eigenvalue weighted by Crippen LogP contribution is -2.38. The van der Waals surface area contributed by atoms with Gasteiger partial charge in [0.15, 0.2) is 0 Å². The van der Waals surface area contributed by atoms with E-state index in [9.17, 15) is 0 Å². The van der Waals surface area contributed by atoms with E-state index in [0.29, 0.717) is 0 Å². The van der Waals surface area contributed by atoms with Gasteiger partial charge >= 0.3 is 0 Å². The van der Waals surface area contributed by atoms with Gasteiger partial charge in [0.05, 0.1) is 0 Å². The maximum atomic E-state index is 3.85. The van der Waals surface area contributed by atoms with E-state index in [-0.39, 0.29) is 0 Å². The summed E-state index contributed by atoms with van der Waals surface area (Å²) in [6, 6.07) is 38.1. The highest BCUT2D eigenvalue weighted by atomic mass is 15.2. The number of hydrogen-bond donors (Lipinski definition) is 8. The molecule has 88 heavy (non-hydrogen) atoms. The molecule has 4 saturated heterocycles. The highest BCUT2D eigenvalue weighted by Gasteiger charge is 2.17. The van der Waals surface area contributed by atoms with E-state index < -0.39 is 0 Å². The van der Waals surface area contributed by atoms with Gasteiger partial charge in [-0.1, -0.05) is 97.1 Å². The third kappa shape index (κ3) is 27.6. The standard InChI is InChI=1S/C72H120N16/c1-13-65-53-66(14-1)58-82-38-6-22-76-32-48-84(40-8-24-74-30-46-82)60-68-16-3-18-70(55-68)62-86-42-10-26-80-36-52-88(44-12-28-78-34-50-86)64-72-20-4-19-71(56-72)63-87-43-11-27-77-33-49-85(41-9-25-79-35-51-87)61-69-17-2-15-67(54-69)59-83-39-7-23-73-29-45-81(57-65)37-5-21-75-31-47-83/h1-4,13-20,53-56,73-80H,5-12,21-52,57-64H2. The smallest absolute Gasteiger partial charge is 0.0234 e. The summed E-state index contributed by atoms with van der Waals surface area (Å²) in [4.78, 5) is 21.5. The minimum absolute atomic E-state index is 1.01. The van der Waals surface area contributed by atoms with Crippen molar-refractivity contribution in [1.29, 1.82) is 0 Å². The Morgan fingerprint density at radius 1 is 0.170 bits per heavy atom. The fraction of sp³-hybridized carbons (Fsp3) is 0.667. The molecule has 4 aromatic rings. The van der Waals surface area contributed by atoms with Crippen molar-refractivity contribution < 1.29 is 0 Å². The molecule has 8 unspecified atom stereocenters. The quantitative estimate of drug-likeness (QED) is 0.119. The summed E-state index contributed by atoms with van der Waals surface area (Å²) in [5, 5.41) is 30.8. The maximum absolute atomic E-state index is 3.85. The Kier molecular flexibility index (Phi) is 32.5. The summed E-state index contributed by atoms with van der Waals surface area (Å²) in [5.41, 5.74) is 11.5.